The molecule has 4 amide bonds. The molecule has 1 aromatic heterocycles. The fourth-order valence-electron chi connectivity index (χ4n) is 7.21. The minimum absolute atomic E-state index is 0. The molecule has 15 nitrogen and oxygen atoms in total. The van der Waals surface area contributed by atoms with Crippen molar-refractivity contribution in [2.75, 3.05) is 20.8 Å². The van der Waals surface area contributed by atoms with Gasteiger partial charge in [-0.2, -0.15) is 0 Å². The van der Waals surface area contributed by atoms with Gasteiger partial charge in [-0.1, -0.05) is 26.0 Å². The number of carbonyl (C=O) groups is 4. The summed E-state index contributed by atoms with van der Waals surface area (Å²) in [6.07, 6.45) is 10.6. The van der Waals surface area contributed by atoms with E-state index in [-0.39, 0.29) is 44.6 Å². The summed E-state index contributed by atoms with van der Waals surface area (Å²) in [5, 5.41) is 3.63. The van der Waals surface area contributed by atoms with Crippen molar-refractivity contribution in [2.45, 2.75) is 121 Å². The van der Waals surface area contributed by atoms with Gasteiger partial charge in [-0.3, -0.25) is 23.9 Å². The Morgan fingerprint density at radius 2 is 1.70 bits per heavy atom. The lowest BCUT2D eigenvalue weighted by atomic mass is 9.91. The Morgan fingerprint density at radius 3 is 2.28 bits per heavy atom. The molecule has 2 aliphatic carbocycles. The number of halogens is 1. The molecule has 17 heteroatoms. The van der Waals surface area contributed by atoms with Gasteiger partial charge in [-0.25, -0.2) is 17.6 Å². The number of primary amides is 1. The van der Waals surface area contributed by atoms with E-state index in [1.807, 2.05) is 12.2 Å². The second kappa shape index (κ2) is 17.9. The third kappa shape index (κ3) is 11.3. The number of rotatable bonds is 5. The van der Waals surface area contributed by atoms with Gasteiger partial charge in [0.2, 0.25) is 21.8 Å². The number of nitrogens with two attached hydrogens (primary N) is 1. The van der Waals surface area contributed by atoms with Gasteiger partial charge in [0.05, 0.1) is 24.4 Å². The van der Waals surface area contributed by atoms with Gasteiger partial charge in [0.25, 0.3) is 11.5 Å². The van der Waals surface area contributed by atoms with Crippen LogP contribution in [-0.4, -0.2) is 84.8 Å². The normalized spacial score (nSPS) is 26.2. The lowest BCUT2D eigenvalue weighted by molar-refractivity contribution is -0.140. The second-order valence-electron chi connectivity index (χ2n) is 16.8. The Bertz CT molecular complexity index is 2040. The Hall–Kier alpha value is -4.67. The van der Waals surface area contributed by atoms with Gasteiger partial charge in [0.1, 0.15) is 22.9 Å². The van der Waals surface area contributed by atoms with Crippen LogP contribution in [0.4, 0.5) is 9.18 Å². The van der Waals surface area contributed by atoms with Crippen LogP contribution in [0.2, 0.25) is 0 Å². The molecule has 0 spiro atoms. The standard InChI is InChI=1S/C24H37N3O5S.C11H10FNO3.C5H11NO2.3H2/c1-16-7-4-5-8-18-15-24(18,22(30)26-33(31,32)23(3)10-11-23)25-21(29)19-9-6-12-27(19)20(28)14-17(2)13-16;1-15-9-4-6-7(3-8(9)12)11(14)13-5-10(6)16-2;1-5(2,3)8-4(6)7;;;/h5,8,16-19H,4,6-7,9-15H2,1-3H3,(H,25,29)(H,26,30);3-5H,1-2H3,(H,13,14);1-3H3,(H2,6,7);3*1H/b8-5-;;;;;/t16-,17-,18-,19+,24-;;;;;/m1...../s1. The average molecular weight is 826 g/mol. The molecule has 0 unspecified atom stereocenters. The number of hydrogen-bond donors (Lipinski definition) is 4. The fourth-order valence-corrected chi connectivity index (χ4v) is 8.52. The van der Waals surface area contributed by atoms with E-state index < -0.39 is 49.8 Å². The van der Waals surface area contributed by atoms with E-state index in [9.17, 15) is 36.8 Å². The van der Waals surface area contributed by atoms with Crippen LogP contribution in [0.1, 0.15) is 104 Å². The number of H-pyrrole nitrogens is 1. The molecule has 322 valence electrons. The predicted octanol–water partition coefficient (Wildman–Crippen LogP) is 5.56. The number of allylic oxidation sites excluding steroid dienone is 1. The summed E-state index contributed by atoms with van der Waals surface area (Å²) in [5.74, 6) is -0.625. The van der Waals surface area contributed by atoms with Crippen LogP contribution in [0.15, 0.2) is 35.3 Å². The quantitative estimate of drug-likeness (QED) is 0.276. The number of benzene rings is 1. The summed E-state index contributed by atoms with van der Waals surface area (Å²) >= 11 is 0. The van der Waals surface area contributed by atoms with Gasteiger partial charge in [0.15, 0.2) is 11.6 Å². The highest BCUT2D eigenvalue weighted by molar-refractivity contribution is 7.91. The molecule has 0 bridgehead atoms. The zero-order chi connectivity index (χ0) is 42.5. The molecular weight excluding hydrogens is 762 g/mol. The first kappa shape index (κ1) is 45.0. The zero-order valence-electron chi connectivity index (χ0n) is 34.2. The summed E-state index contributed by atoms with van der Waals surface area (Å²) in [5.41, 5.74) is 2.63. The molecule has 2 aliphatic heterocycles. The smallest absolute Gasteiger partial charge is 0.405 e. The van der Waals surface area contributed by atoms with E-state index in [1.54, 1.807) is 32.6 Å². The first-order valence-electron chi connectivity index (χ1n) is 19.3. The largest absolute Gasteiger partial charge is 0.495 e. The Morgan fingerprint density at radius 1 is 1.04 bits per heavy atom. The highest BCUT2D eigenvalue weighted by Gasteiger charge is 2.62. The van der Waals surface area contributed by atoms with Crippen molar-refractivity contribution in [3.05, 3.63) is 46.7 Å². The van der Waals surface area contributed by atoms with Crippen molar-refractivity contribution in [1.29, 1.82) is 0 Å². The van der Waals surface area contributed by atoms with Gasteiger partial charge in [0, 0.05) is 34.7 Å². The summed E-state index contributed by atoms with van der Waals surface area (Å²) in [6, 6.07) is 1.97. The molecule has 6 rings (SSSR count). The molecular formula is C40H64FN5O10S. The zero-order valence-corrected chi connectivity index (χ0v) is 35.0. The fraction of sp³-hybridized carbons (Fsp3) is 0.625. The lowest BCUT2D eigenvalue weighted by Gasteiger charge is -2.28. The highest BCUT2D eigenvalue weighted by Crippen LogP contribution is 2.47. The van der Waals surface area contributed by atoms with Crippen molar-refractivity contribution < 1.29 is 50.5 Å². The Kier molecular flexibility index (Phi) is 14.1. The molecule has 5 N–H and O–H groups in total. The molecule has 3 fully saturated rings. The molecule has 1 aromatic carbocycles. The number of aromatic nitrogens is 1. The lowest BCUT2D eigenvalue weighted by Crippen LogP contribution is -2.57. The molecule has 5 atom stereocenters. The van der Waals surface area contributed by atoms with Crippen molar-refractivity contribution in [3.8, 4) is 11.5 Å². The van der Waals surface area contributed by atoms with Gasteiger partial charge >= 0.3 is 6.09 Å². The molecule has 4 aliphatic rings. The summed E-state index contributed by atoms with van der Waals surface area (Å²) in [6.45, 7) is 11.7. The van der Waals surface area contributed by atoms with E-state index in [2.05, 4.69) is 33.6 Å². The molecule has 57 heavy (non-hydrogen) atoms. The first-order valence-corrected chi connectivity index (χ1v) is 20.8. The maximum absolute atomic E-state index is 13.4. The van der Waals surface area contributed by atoms with Crippen molar-refractivity contribution >= 4 is 44.6 Å². The number of pyridine rings is 1. The van der Waals surface area contributed by atoms with Crippen LogP contribution >= 0.6 is 0 Å². The third-order valence-electron chi connectivity index (χ3n) is 10.8. The molecule has 2 aromatic rings. The summed E-state index contributed by atoms with van der Waals surface area (Å²) in [7, 11) is -0.969. The predicted molar refractivity (Wildman–Crippen MR) is 219 cm³/mol. The number of nitrogens with one attached hydrogen (secondary N) is 3. The van der Waals surface area contributed by atoms with Gasteiger partial charge in [-0.05, 0) is 103 Å². The monoisotopic (exact) mass is 825 g/mol. The minimum Gasteiger partial charge on any atom is -0.495 e. The van der Waals surface area contributed by atoms with E-state index in [0.29, 0.717) is 55.7 Å². The number of nitrogens with zero attached hydrogens (tertiary/aromatic N) is 1. The Labute approximate surface area is 338 Å². The van der Waals surface area contributed by atoms with E-state index >= 15 is 0 Å². The van der Waals surface area contributed by atoms with Crippen molar-refractivity contribution in [3.63, 3.8) is 0 Å². The number of amides is 4. The second-order valence-corrected chi connectivity index (χ2v) is 19.0. The Balaban J connectivity index is 0.000000556. The highest BCUT2D eigenvalue weighted by atomic mass is 32.2. The SMILES string of the molecule is CC(C)(C)OC(N)=O.COc1cc2c(OC)c[nH]c(=O)c2cc1F.C[C@@H]1CC/C=C\[C@@H]2C[C@@]2(C(=O)NS(=O)(=O)C2(C)CC2)NC(=O)[C@@H]2CCCN2C(=O)C[C@H](C)C1.[HH].[HH].[HH]. The number of aromatic amines is 1. The van der Waals surface area contributed by atoms with E-state index in [1.165, 1.54) is 26.5 Å². The van der Waals surface area contributed by atoms with Crippen LogP contribution in [0.25, 0.3) is 10.8 Å². The van der Waals surface area contributed by atoms with Crippen LogP contribution in [0.3, 0.4) is 0 Å². The maximum Gasteiger partial charge on any atom is 0.405 e. The van der Waals surface area contributed by atoms with Gasteiger partial charge < -0.3 is 35.1 Å². The number of hydrogen-bond acceptors (Lipinski definition) is 10. The van der Waals surface area contributed by atoms with Gasteiger partial charge in [-0.15, -0.1) is 0 Å². The number of fused-ring (bicyclic) bond motifs is 3. The average Bonchev–Trinajstić information content (AvgIpc) is 3.97. The van der Waals surface area contributed by atoms with E-state index in [4.69, 9.17) is 15.2 Å². The molecule has 3 heterocycles. The number of sulfonamides is 1. The maximum atomic E-state index is 13.4. The molecule has 2 saturated carbocycles. The van der Waals surface area contributed by atoms with Crippen LogP contribution in [-0.2, 0) is 29.1 Å². The van der Waals surface area contributed by atoms with Crippen LogP contribution in [0, 0.1) is 23.6 Å². The first-order chi connectivity index (χ1) is 26.6. The third-order valence-corrected chi connectivity index (χ3v) is 12.9. The molecule has 0 radical (unpaired) electrons. The van der Waals surface area contributed by atoms with Crippen molar-refractivity contribution in [1.82, 2.24) is 19.9 Å². The van der Waals surface area contributed by atoms with Crippen LogP contribution < -0.4 is 30.8 Å². The van der Waals surface area contributed by atoms with Crippen molar-refractivity contribution in [2.24, 2.45) is 23.5 Å². The number of carbonyl (C=O) groups excluding carboxylic acids is 4. The summed E-state index contributed by atoms with van der Waals surface area (Å²) in [4.78, 5) is 65.1. The van der Waals surface area contributed by atoms with E-state index in [0.717, 1.165) is 31.7 Å². The minimum atomic E-state index is -3.81. The molecule has 1 saturated heterocycles. The topological polar surface area (TPSA) is 216 Å². The summed E-state index contributed by atoms with van der Waals surface area (Å²) < 4.78 is 54.6. The number of ether oxygens (including phenoxy) is 3. The van der Waals surface area contributed by atoms with Crippen LogP contribution in [0.5, 0.6) is 11.5 Å². The number of methoxy groups -OCH3 is 2.